The number of carbonyl (C=O) groups is 1. The van der Waals surface area contributed by atoms with E-state index in [9.17, 15) is 4.79 Å². The summed E-state index contributed by atoms with van der Waals surface area (Å²) in [5.74, 6) is 1.27. The molecule has 0 fully saturated rings. The highest BCUT2D eigenvalue weighted by Crippen LogP contribution is 2.34. The normalized spacial score (nSPS) is 12.1. The maximum atomic E-state index is 12.3. The maximum absolute atomic E-state index is 12.3. The van der Waals surface area contributed by atoms with Gasteiger partial charge in [0.1, 0.15) is 0 Å². The van der Waals surface area contributed by atoms with Gasteiger partial charge in [-0.15, -0.1) is 0 Å². The van der Waals surface area contributed by atoms with Crippen molar-refractivity contribution in [2.24, 2.45) is 0 Å². The van der Waals surface area contributed by atoms with Crippen LogP contribution in [0.4, 0.5) is 5.69 Å². The second kappa shape index (κ2) is 7.80. The fraction of sp³-hybridized carbons (Fsp3) is 0.261. The van der Waals surface area contributed by atoms with Crippen LogP contribution in [0.5, 0.6) is 11.5 Å². The van der Waals surface area contributed by atoms with Crippen LogP contribution in [0.1, 0.15) is 16.7 Å². The number of rotatable bonds is 7. The smallest absolute Gasteiger partial charge is 0.239 e. The Bertz CT molecular complexity index is 1020. The van der Waals surface area contributed by atoms with Crippen LogP contribution in [-0.2, 0) is 24.2 Å². The summed E-state index contributed by atoms with van der Waals surface area (Å²) in [6, 6.07) is 16.3. The number of nitrogens with one attached hydrogen (secondary N) is 2. The molecule has 0 radical (unpaired) electrons. The van der Waals surface area contributed by atoms with Gasteiger partial charge >= 0.3 is 0 Å². The molecule has 3 aromatic carbocycles. The van der Waals surface area contributed by atoms with Gasteiger partial charge in [-0.2, -0.15) is 0 Å². The summed E-state index contributed by atoms with van der Waals surface area (Å²) in [5.41, 5.74) is 4.75. The number of amides is 1. The molecule has 0 atom stereocenters. The average molecular weight is 376 g/mol. The molecule has 4 rings (SSSR count). The average Bonchev–Trinajstić information content (AvgIpc) is 3.16. The fourth-order valence-electron chi connectivity index (χ4n) is 3.83. The summed E-state index contributed by atoms with van der Waals surface area (Å²) in [6.07, 6.45) is 2.20. The standard InChI is InChI=1S/C23H24N2O3/c1-27-20-11-6-15(12-21(20)28-2)13-25-22(26)14-24-19-10-9-17-8-7-16-4-3-5-18(19)23(16)17/h3-6,9-12,24H,7-8,13-14H2,1-2H3,(H,25,26). The Morgan fingerprint density at radius 2 is 1.75 bits per heavy atom. The number of hydrogen-bond donors (Lipinski definition) is 2. The second-order valence-electron chi connectivity index (χ2n) is 6.93. The summed E-state index contributed by atoms with van der Waals surface area (Å²) in [5, 5.41) is 8.77. The van der Waals surface area contributed by atoms with Crippen molar-refractivity contribution in [2.75, 3.05) is 26.1 Å². The van der Waals surface area contributed by atoms with Gasteiger partial charge in [0, 0.05) is 17.6 Å². The third kappa shape index (κ3) is 3.48. The van der Waals surface area contributed by atoms with Gasteiger partial charge in [-0.25, -0.2) is 0 Å². The molecular weight excluding hydrogens is 352 g/mol. The molecule has 0 spiro atoms. The van der Waals surface area contributed by atoms with E-state index < -0.39 is 0 Å². The van der Waals surface area contributed by atoms with Crippen molar-refractivity contribution in [1.82, 2.24) is 5.32 Å². The lowest BCUT2D eigenvalue weighted by atomic mass is 10.0. The van der Waals surface area contributed by atoms with Gasteiger partial charge in [0.2, 0.25) is 5.91 Å². The molecule has 1 aliphatic rings. The Labute approximate surface area is 164 Å². The molecule has 1 aliphatic carbocycles. The minimum atomic E-state index is -0.0574. The summed E-state index contributed by atoms with van der Waals surface area (Å²) in [7, 11) is 3.20. The number of hydrogen-bond acceptors (Lipinski definition) is 4. The third-order valence-corrected chi connectivity index (χ3v) is 5.25. The highest BCUT2D eigenvalue weighted by Gasteiger charge is 2.16. The van der Waals surface area contributed by atoms with E-state index in [1.807, 2.05) is 18.2 Å². The van der Waals surface area contributed by atoms with Crippen LogP contribution in [0, 0.1) is 0 Å². The summed E-state index contributed by atoms with van der Waals surface area (Å²) in [6.45, 7) is 0.663. The zero-order valence-electron chi connectivity index (χ0n) is 16.2. The summed E-state index contributed by atoms with van der Waals surface area (Å²) >= 11 is 0. The van der Waals surface area contributed by atoms with E-state index in [2.05, 4.69) is 41.0 Å². The maximum Gasteiger partial charge on any atom is 0.239 e. The SMILES string of the molecule is COc1ccc(CNC(=O)CNc2ccc3c4c(cccc24)CC3)cc1OC. The second-order valence-corrected chi connectivity index (χ2v) is 6.93. The van der Waals surface area contributed by atoms with E-state index in [0.29, 0.717) is 18.0 Å². The Morgan fingerprint density at radius 3 is 2.54 bits per heavy atom. The molecular formula is C23H24N2O3. The van der Waals surface area contributed by atoms with Gasteiger partial charge in [0.25, 0.3) is 0 Å². The number of benzene rings is 3. The minimum absolute atomic E-state index is 0.0574. The van der Waals surface area contributed by atoms with E-state index in [-0.39, 0.29) is 12.5 Å². The van der Waals surface area contributed by atoms with Gasteiger partial charge in [-0.1, -0.05) is 30.3 Å². The van der Waals surface area contributed by atoms with Crippen molar-refractivity contribution < 1.29 is 14.3 Å². The van der Waals surface area contributed by atoms with Crippen LogP contribution in [0.15, 0.2) is 48.5 Å². The molecule has 3 aromatic rings. The van der Waals surface area contributed by atoms with Gasteiger partial charge in [0.05, 0.1) is 20.8 Å². The van der Waals surface area contributed by atoms with Crippen molar-refractivity contribution in [3.05, 3.63) is 65.2 Å². The molecule has 1 amide bonds. The minimum Gasteiger partial charge on any atom is -0.493 e. The summed E-state index contributed by atoms with van der Waals surface area (Å²) in [4.78, 5) is 12.3. The molecule has 5 nitrogen and oxygen atoms in total. The molecule has 0 heterocycles. The Hall–Kier alpha value is -3.21. The van der Waals surface area contributed by atoms with E-state index in [0.717, 1.165) is 24.1 Å². The van der Waals surface area contributed by atoms with E-state index in [4.69, 9.17) is 9.47 Å². The molecule has 0 unspecified atom stereocenters. The highest BCUT2D eigenvalue weighted by atomic mass is 16.5. The predicted octanol–water partition coefficient (Wildman–Crippen LogP) is 3.68. The Kier molecular flexibility index (Phi) is 5.06. The first-order valence-corrected chi connectivity index (χ1v) is 9.44. The monoisotopic (exact) mass is 376 g/mol. The molecule has 0 aliphatic heterocycles. The lowest BCUT2D eigenvalue weighted by molar-refractivity contribution is -0.119. The van der Waals surface area contributed by atoms with Crippen molar-refractivity contribution in [1.29, 1.82) is 0 Å². The van der Waals surface area contributed by atoms with Crippen LogP contribution in [0.3, 0.4) is 0 Å². The topological polar surface area (TPSA) is 59.6 Å². The number of aryl methyl sites for hydroxylation is 2. The van der Waals surface area contributed by atoms with Crippen molar-refractivity contribution in [2.45, 2.75) is 19.4 Å². The van der Waals surface area contributed by atoms with Crippen LogP contribution >= 0.6 is 0 Å². The lowest BCUT2D eigenvalue weighted by Crippen LogP contribution is -2.29. The quantitative estimate of drug-likeness (QED) is 0.660. The first kappa shape index (κ1) is 18.2. The summed E-state index contributed by atoms with van der Waals surface area (Å²) < 4.78 is 10.5. The van der Waals surface area contributed by atoms with Gasteiger partial charge < -0.3 is 20.1 Å². The molecule has 0 bridgehead atoms. The fourth-order valence-corrected chi connectivity index (χ4v) is 3.83. The van der Waals surface area contributed by atoms with Crippen molar-refractivity contribution >= 4 is 22.4 Å². The molecule has 144 valence electrons. The highest BCUT2D eigenvalue weighted by molar-refractivity contribution is 6.00. The molecule has 2 N–H and O–H groups in total. The van der Waals surface area contributed by atoms with Gasteiger partial charge in [-0.05, 0) is 53.1 Å². The largest absolute Gasteiger partial charge is 0.493 e. The van der Waals surface area contributed by atoms with E-state index in [1.165, 1.54) is 21.9 Å². The molecule has 0 saturated carbocycles. The number of methoxy groups -OCH3 is 2. The van der Waals surface area contributed by atoms with E-state index in [1.54, 1.807) is 14.2 Å². The van der Waals surface area contributed by atoms with Gasteiger partial charge in [-0.3, -0.25) is 4.79 Å². The van der Waals surface area contributed by atoms with Crippen LogP contribution in [0.2, 0.25) is 0 Å². The Balaban J connectivity index is 1.39. The lowest BCUT2D eigenvalue weighted by Gasteiger charge is -2.13. The molecule has 0 aromatic heterocycles. The predicted molar refractivity (Wildman–Crippen MR) is 111 cm³/mol. The number of anilines is 1. The van der Waals surface area contributed by atoms with E-state index >= 15 is 0 Å². The van der Waals surface area contributed by atoms with Crippen LogP contribution < -0.4 is 20.1 Å². The van der Waals surface area contributed by atoms with Crippen molar-refractivity contribution in [3.63, 3.8) is 0 Å². The first-order chi connectivity index (χ1) is 13.7. The van der Waals surface area contributed by atoms with Crippen molar-refractivity contribution in [3.8, 4) is 11.5 Å². The first-order valence-electron chi connectivity index (χ1n) is 9.44. The Morgan fingerprint density at radius 1 is 0.964 bits per heavy atom. The van der Waals surface area contributed by atoms with Gasteiger partial charge in [0.15, 0.2) is 11.5 Å². The van der Waals surface area contributed by atoms with Crippen LogP contribution in [-0.4, -0.2) is 26.7 Å². The zero-order valence-corrected chi connectivity index (χ0v) is 16.2. The number of carbonyl (C=O) groups excluding carboxylic acids is 1. The molecule has 28 heavy (non-hydrogen) atoms. The molecule has 0 saturated heterocycles. The number of ether oxygens (including phenoxy) is 2. The molecule has 5 heteroatoms. The third-order valence-electron chi connectivity index (χ3n) is 5.25. The van der Waals surface area contributed by atoms with Crippen LogP contribution in [0.25, 0.3) is 10.8 Å². The zero-order chi connectivity index (χ0) is 19.5.